The van der Waals surface area contributed by atoms with Gasteiger partial charge in [0, 0.05) is 6.54 Å². The molecule has 0 unspecified atom stereocenters. The van der Waals surface area contributed by atoms with Gasteiger partial charge in [0.05, 0.1) is 0 Å². The Bertz CT molecular complexity index is 523. The van der Waals surface area contributed by atoms with Gasteiger partial charge in [0.1, 0.15) is 12.2 Å². The van der Waals surface area contributed by atoms with Crippen molar-refractivity contribution in [2.75, 3.05) is 6.54 Å². The second-order valence-electron chi connectivity index (χ2n) is 5.88. The highest BCUT2D eigenvalue weighted by atomic mass is 16.6. The maximum absolute atomic E-state index is 12.1. The predicted octanol–water partition coefficient (Wildman–Crippen LogP) is 3.64. The third-order valence-electron chi connectivity index (χ3n) is 2.61. The molecule has 23 heavy (non-hydrogen) atoms. The number of hydrogen-bond acceptors (Lipinski definition) is 4. The van der Waals surface area contributed by atoms with E-state index in [1.165, 1.54) is 0 Å². The summed E-state index contributed by atoms with van der Waals surface area (Å²) in [6, 6.07) is 9.30. The Morgan fingerprint density at radius 2 is 1.91 bits per heavy atom. The zero-order chi connectivity index (χ0) is 17.3. The monoisotopic (exact) mass is 320 g/mol. The summed E-state index contributed by atoms with van der Waals surface area (Å²) in [5.41, 5.74) is 2.61. The van der Waals surface area contributed by atoms with Crippen molar-refractivity contribution in [2.45, 2.75) is 39.4 Å². The molecule has 2 amide bonds. The van der Waals surface area contributed by atoms with Crippen molar-refractivity contribution in [1.29, 1.82) is 0 Å². The Morgan fingerprint density at radius 3 is 2.48 bits per heavy atom. The first kappa shape index (κ1) is 18.5. The average Bonchev–Trinajstić information content (AvgIpc) is 2.48. The van der Waals surface area contributed by atoms with Gasteiger partial charge in [-0.2, -0.15) is 0 Å². The lowest BCUT2D eigenvalue weighted by molar-refractivity contribution is 0.0272. The van der Waals surface area contributed by atoms with Crippen LogP contribution in [0, 0.1) is 0 Å². The predicted molar refractivity (Wildman–Crippen MR) is 87.5 cm³/mol. The fourth-order valence-electron chi connectivity index (χ4n) is 1.62. The van der Waals surface area contributed by atoms with Crippen molar-refractivity contribution in [3.8, 4) is 0 Å². The van der Waals surface area contributed by atoms with Gasteiger partial charge in [-0.1, -0.05) is 36.4 Å². The van der Waals surface area contributed by atoms with Gasteiger partial charge in [0.15, 0.2) is 0 Å². The normalized spacial score (nSPS) is 10.6. The maximum Gasteiger partial charge on any atom is 0.429 e. The summed E-state index contributed by atoms with van der Waals surface area (Å²) in [5, 5.41) is 1.08. The van der Waals surface area contributed by atoms with E-state index in [9.17, 15) is 9.59 Å². The topological polar surface area (TPSA) is 67.9 Å². The number of amides is 2. The van der Waals surface area contributed by atoms with E-state index in [1.807, 2.05) is 30.3 Å². The van der Waals surface area contributed by atoms with Crippen LogP contribution in [0.25, 0.3) is 0 Å². The molecule has 6 heteroatoms. The second-order valence-corrected chi connectivity index (χ2v) is 5.88. The summed E-state index contributed by atoms with van der Waals surface area (Å²) >= 11 is 0. The molecule has 0 aromatic heterocycles. The highest BCUT2D eigenvalue weighted by Gasteiger charge is 2.21. The zero-order valence-corrected chi connectivity index (χ0v) is 13.9. The van der Waals surface area contributed by atoms with Gasteiger partial charge >= 0.3 is 12.2 Å². The van der Waals surface area contributed by atoms with E-state index in [1.54, 1.807) is 26.8 Å². The third kappa shape index (κ3) is 7.90. The Kier molecular flexibility index (Phi) is 7.12. The van der Waals surface area contributed by atoms with Crippen molar-refractivity contribution in [3.05, 3.63) is 48.6 Å². The SMILES string of the molecule is C=CCCN(NC(=O)OC(C)(C)C)C(=O)OCc1ccccc1. The average molecular weight is 320 g/mol. The van der Waals surface area contributed by atoms with Gasteiger partial charge < -0.3 is 9.47 Å². The van der Waals surface area contributed by atoms with E-state index in [2.05, 4.69) is 12.0 Å². The second kappa shape index (κ2) is 8.82. The van der Waals surface area contributed by atoms with E-state index >= 15 is 0 Å². The van der Waals surface area contributed by atoms with Crippen LogP contribution in [0.1, 0.15) is 32.8 Å². The summed E-state index contributed by atoms with van der Waals surface area (Å²) in [5.74, 6) is 0. The van der Waals surface area contributed by atoms with E-state index in [-0.39, 0.29) is 13.2 Å². The van der Waals surface area contributed by atoms with Crippen molar-refractivity contribution >= 4 is 12.2 Å². The minimum atomic E-state index is -0.710. The Morgan fingerprint density at radius 1 is 1.26 bits per heavy atom. The van der Waals surface area contributed by atoms with Crippen molar-refractivity contribution in [2.24, 2.45) is 0 Å². The molecule has 6 nitrogen and oxygen atoms in total. The van der Waals surface area contributed by atoms with Gasteiger partial charge in [-0.15, -0.1) is 6.58 Å². The lowest BCUT2D eigenvalue weighted by Gasteiger charge is -2.25. The molecule has 0 heterocycles. The van der Waals surface area contributed by atoms with Crippen LogP contribution in [-0.4, -0.2) is 29.3 Å². The number of rotatable bonds is 5. The fraction of sp³-hybridized carbons (Fsp3) is 0.412. The smallest absolute Gasteiger partial charge is 0.429 e. The fourth-order valence-corrected chi connectivity index (χ4v) is 1.62. The third-order valence-corrected chi connectivity index (χ3v) is 2.61. The highest BCUT2D eigenvalue weighted by Crippen LogP contribution is 2.08. The Hall–Kier alpha value is -2.50. The molecule has 126 valence electrons. The molecule has 0 bridgehead atoms. The molecule has 1 rings (SSSR count). The zero-order valence-electron chi connectivity index (χ0n) is 13.9. The molecule has 0 aliphatic rings. The summed E-state index contributed by atoms with van der Waals surface area (Å²) in [7, 11) is 0. The van der Waals surface area contributed by atoms with E-state index in [0.29, 0.717) is 6.42 Å². The highest BCUT2D eigenvalue weighted by molar-refractivity contribution is 5.74. The number of hydrazine groups is 1. The lowest BCUT2D eigenvalue weighted by atomic mass is 10.2. The lowest BCUT2D eigenvalue weighted by Crippen LogP contribution is -2.48. The van der Waals surface area contributed by atoms with E-state index in [0.717, 1.165) is 10.6 Å². The van der Waals surface area contributed by atoms with Crippen LogP contribution in [-0.2, 0) is 16.1 Å². The van der Waals surface area contributed by atoms with Gasteiger partial charge in [-0.3, -0.25) is 0 Å². The first-order valence-electron chi connectivity index (χ1n) is 7.40. The molecular weight excluding hydrogens is 296 g/mol. The van der Waals surface area contributed by atoms with Crippen molar-refractivity contribution in [3.63, 3.8) is 0 Å². The molecule has 0 fully saturated rings. The number of nitrogens with zero attached hydrogens (tertiary/aromatic N) is 1. The molecule has 1 aromatic carbocycles. The van der Waals surface area contributed by atoms with Crippen LogP contribution in [0.5, 0.6) is 0 Å². The van der Waals surface area contributed by atoms with Gasteiger partial charge in [0.25, 0.3) is 0 Å². The van der Waals surface area contributed by atoms with Crippen LogP contribution >= 0.6 is 0 Å². The number of carbonyl (C=O) groups is 2. The summed E-state index contributed by atoms with van der Waals surface area (Å²) in [4.78, 5) is 23.9. The van der Waals surface area contributed by atoms with Crippen LogP contribution in [0.15, 0.2) is 43.0 Å². The van der Waals surface area contributed by atoms with Crippen LogP contribution < -0.4 is 5.43 Å². The first-order chi connectivity index (χ1) is 10.8. The van der Waals surface area contributed by atoms with Gasteiger partial charge in [-0.05, 0) is 32.8 Å². The molecule has 0 atom stereocenters. The van der Waals surface area contributed by atoms with Crippen LogP contribution in [0.3, 0.4) is 0 Å². The van der Waals surface area contributed by atoms with E-state index in [4.69, 9.17) is 9.47 Å². The summed E-state index contributed by atoms with van der Waals surface area (Å²) in [6.45, 7) is 9.21. The molecule has 0 aliphatic carbocycles. The number of hydrogen-bond donors (Lipinski definition) is 1. The van der Waals surface area contributed by atoms with Crippen molar-refractivity contribution < 1.29 is 19.1 Å². The standard InChI is InChI=1S/C17H24N2O4/c1-5-6-12-19(18-15(20)23-17(2,3)4)16(21)22-13-14-10-8-7-9-11-14/h5,7-11H,1,6,12-13H2,2-4H3,(H,18,20). The molecule has 0 spiro atoms. The summed E-state index contributed by atoms with van der Waals surface area (Å²) in [6.07, 6.45) is 0.796. The number of carbonyl (C=O) groups excluding carboxylic acids is 2. The molecule has 0 saturated carbocycles. The Balaban J connectivity index is 2.59. The Labute approximate surface area is 137 Å². The quantitative estimate of drug-likeness (QED) is 0.664. The molecular formula is C17H24N2O4. The maximum atomic E-state index is 12.1. The molecule has 1 N–H and O–H groups in total. The van der Waals surface area contributed by atoms with Crippen LogP contribution in [0.2, 0.25) is 0 Å². The number of ether oxygens (including phenoxy) is 2. The minimum absolute atomic E-state index is 0.125. The largest absolute Gasteiger partial charge is 0.443 e. The molecule has 0 aliphatic heterocycles. The minimum Gasteiger partial charge on any atom is -0.443 e. The molecule has 1 aromatic rings. The number of nitrogens with one attached hydrogen (secondary N) is 1. The van der Waals surface area contributed by atoms with Crippen molar-refractivity contribution in [1.82, 2.24) is 10.4 Å². The van der Waals surface area contributed by atoms with E-state index < -0.39 is 17.8 Å². The van der Waals surface area contributed by atoms with Gasteiger partial charge in [-0.25, -0.2) is 20.0 Å². The van der Waals surface area contributed by atoms with Crippen LogP contribution in [0.4, 0.5) is 9.59 Å². The number of benzene rings is 1. The first-order valence-corrected chi connectivity index (χ1v) is 7.40. The molecule has 0 radical (unpaired) electrons. The molecule has 0 saturated heterocycles. The summed E-state index contributed by atoms with van der Waals surface area (Å²) < 4.78 is 10.3. The van der Waals surface area contributed by atoms with Gasteiger partial charge in [0.2, 0.25) is 0 Å².